The second-order valence-electron chi connectivity index (χ2n) is 6.00. The maximum atomic E-state index is 6.04. The normalized spacial score (nSPS) is 18.7. The zero-order chi connectivity index (χ0) is 15.6. The number of pyridine rings is 1. The molecule has 0 saturated heterocycles. The summed E-state index contributed by atoms with van der Waals surface area (Å²) in [7, 11) is 0. The summed E-state index contributed by atoms with van der Waals surface area (Å²) in [4.78, 5) is 4.07. The average molecular weight is 313 g/mol. The van der Waals surface area contributed by atoms with E-state index in [0.29, 0.717) is 5.11 Å². The third-order valence-corrected chi connectivity index (χ3v) is 3.82. The second kappa shape index (κ2) is 5.93. The summed E-state index contributed by atoms with van der Waals surface area (Å²) < 4.78 is 6.04. The molecule has 0 fully saturated rings. The van der Waals surface area contributed by atoms with Crippen LogP contribution in [0, 0.1) is 0 Å². The van der Waals surface area contributed by atoms with E-state index in [9.17, 15) is 0 Å². The Hall–Kier alpha value is -2.14. The van der Waals surface area contributed by atoms with Gasteiger partial charge in [-0.1, -0.05) is 18.2 Å². The Morgan fingerprint density at radius 1 is 1.27 bits per heavy atom. The predicted octanol–water partition coefficient (Wildman–Crippen LogP) is 3.67. The van der Waals surface area contributed by atoms with E-state index < -0.39 is 0 Å². The van der Waals surface area contributed by atoms with Gasteiger partial charge in [0.05, 0.1) is 17.9 Å². The third kappa shape index (κ3) is 3.36. The molecule has 2 N–H and O–H groups in total. The van der Waals surface area contributed by atoms with Gasteiger partial charge in [0, 0.05) is 18.2 Å². The number of anilines is 1. The molecule has 1 aromatic heterocycles. The smallest absolute Gasteiger partial charge is 0.171 e. The minimum atomic E-state index is -0.226. The van der Waals surface area contributed by atoms with Crippen LogP contribution in [-0.4, -0.2) is 15.7 Å². The van der Waals surface area contributed by atoms with Crippen LogP contribution in [0.4, 0.5) is 5.69 Å². The van der Waals surface area contributed by atoms with Crippen molar-refractivity contribution in [3.63, 3.8) is 0 Å². The topological polar surface area (TPSA) is 46.2 Å². The largest absolute Gasteiger partial charge is 0.487 e. The molecule has 0 spiro atoms. The Kier molecular flexibility index (Phi) is 3.98. The van der Waals surface area contributed by atoms with Gasteiger partial charge < -0.3 is 15.4 Å². The Balaban J connectivity index is 1.75. The van der Waals surface area contributed by atoms with Crippen molar-refractivity contribution >= 4 is 23.0 Å². The average Bonchev–Trinajstić information content (AvgIpc) is 2.47. The van der Waals surface area contributed by atoms with Gasteiger partial charge in [0.15, 0.2) is 5.11 Å². The zero-order valence-corrected chi connectivity index (χ0v) is 13.5. The molecule has 2 heterocycles. The molecule has 1 unspecified atom stereocenters. The summed E-state index contributed by atoms with van der Waals surface area (Å²) in [6.45, 7) is 4.18. The minimum Gasteiger partial charge on any atom is -0.487 e. The summed E-state index contributed by atoms with van der Waals surface area (Å²) in [5.41, 5.74) is 1.78. The monoisotopic (exact) mass is 313 g/mol. The van der Waals surface area contributed by atoms with Crippen molar-refractivity contribution in [2.75, 3.05) is 5.32 Å². The molecule has 0 bridgehead atoms. The Morgan fingerprint density at radius 2 is 2.09 bits per heavy atom. The quantitative estimate of drug-likeness (QED) is 0.828. The van der Waals surface area contributed by atoms with Crippen molar-refractivity contribution in [2.24, 2.45) is 0 Å². The van der Waals surface area contributed by atoms with Crippen molar-refractivity contribution in [1.82, 2.24) is 10.3 Å². The van der Waals surface area contributed by atoms with Crippen LogP contribution < -0.4 is 15.4 Å². The Bertz CT molecular complexity index is 673. The highest BCUT2D eigenvalue weighted by Gasteiger charge is 2.33. The van der Waals surface area contributed by atoms with E-state index in [0.717, 1.165) is 23.4 Å². The number of thiocarbonyl (C=S) groups is 1. The number of benzene rings is 1. The molecule has 4 nitrogen and oxygen atoms in total. The van der Waals surface area contributed by atoms with Crippen molar-refractivity contribution in [3.8, 4) is 5.75 Å². The molecule has 2 aromatic rings. The first-order valence-electron chi connectivity index (χ1n) is 7.29. The predicted molar refractivity (Wildman–Crippen MR) is 92.1 cm³/mol. The lowest BCUT2D eigenvalue weighted by atomic mass is 9.90. The van der Waals surface area contributed by atoms with Gasteiger partial charge in [-0.3, -0.25) is 4.98 Å². The fraction of sp³-hybridized carbons (Fsp3) is 0.294. The lowest BCUT2D eigenvalue weighted by Gasteiger charge is -2.38. The zero-order valence-electron chi connectivity index (χ0n) is 12.7. The van der Waals surface area contributed by atoms with E-state index >= 15 is 0 Å². The fourth-order valence-electron chi connectivity index (χ4n) is 2.69. The maximum Gasteiger partial charge on any atom is 0.171 e. The number of hydrogen-bond acceptors (Lipinski definition) is 3. The summed E-state index contributed by atoms with van der Waals surface area (Å²) in [5, 5.41) is 7.14. The first-order valence-corrected chi connectivity index (χ1v) is 7.70. The third-order valence-electron chi connectivity index (χ3n) is 3.60. The summed E-state index contributed by atoms with van der Waals surface area (Å²) in [6, 6.07) is 12.0. The van der Waals surface area contributed by atoms with Gasteiger partial charge in [0.1, 0.15) is 11.4 Å². The first-order chi connectivity index (χ1) is 10.5. The molecule has 1 aromatic carbocycles. The van der Waals surface area contributed by atoms with E-state index in [-0.39, 0.29) is 11.6 Å². The maximum absolute atomic E-state index is 6.04. The second-order valence-corrected chi connectivity index (χ2v) is 6.40. The number of nitrogens with zero attached hydrogens (tertiary/aromatic N) is 1. The lowest BCUT2D eigenvalue weighted by molar-refractivity contribution is 0.0697. The van der Waals surface area contributed by atoms with Crippen LogP contribution in [0.5, 0.6) is 5.75 Å². The highest BCUT2D eigenvalue weighted by Crippen LogP contribution is 2.39. The number of para-hydroxylation sites is 1. The van der Waals surface area contributed by atoms with Gasteiger partial charge in [0.2, 0.25) is 0 Å². The number of rotatable bonds is 2. The molecule has 0 radical (unpaired) electrons. The molecule has 1 aliphatic heterocycles. The van der Waals surface area contributed by atoms with Crippen LogP contribution in [0.3, 0.4) is 0 Å². The molecule has 0 amide bonds. The van der Waals surface area contributed by atoms with Crippen LogP contribution in [0.25, 0.3) is 0 Å². The number of hydrogen-bond donors (Lipinski definition) is 2. The van der Waals surface area contributed by atoms with Gasteiger partial charge in [-0.2, -0.15) is 0 Å². The van der Waals surface area contributed by atoms with E-state index in [1.54, 1.807) is 12.4 Å². The molecule has 5 heteroatoms. The van der Waals surface area contributed by atoms with Crippen LogP contribution in [0.15, 0.2) is 48.8 Å². The molecular formula is C17H19N3OS. The number of fused-ring (bicyclic) bond motifs is 1. The molecule has 3 rings (SSSR count). The van der Waals surface area contributed by atoms with Gasteiger partial charge in [-0.25, -0.2) is 0 Å². The SMILES string of the molecule is CC1(C)CC(NC(=S)Nc2cccnc2)c2ccccc2O1. The van der Waals surface area contributed by atoms with Gasteiger partial charge >= 0.3 is 0 Å². The molecule has 0 saturated carbocycles. The van der Waals surface area contributed by atoms with Gasteiger partial charge in [-0.15, -0.1) is 0 Å². The molecule has 114 valence electrons. The molecule has 22 heavy (non-hydrogen) atoms. The van der Waals surface area contributed by atoms with Crippen LogP contribution in [0.2, 0.25) is 0 Å². The summed E-state index contributed by atoms with van der Waals surface area (Å²) in [5.74, 6) is 0.917. The first kappa shape index (κ1) is 14.8. The number of ether oxygens (including phenoxy) is 1. The molecule has 1 aliphatic rings. The minimum absolute atomic E-state index is 0.122. The highest BCUT2D eigenvalue weighted by atomic mass is 32.1. The summed E-state index contributed by atoms with van der Waals surface area (Å²) in [6.07, 6.45) is 4.33. The van der Waals surface area contributed by atoms with Crippen molar-refractivity contribution < 1.29 is 4.74 Å². The van der Waals surface area contributed by atoms with Crippen molar-refractivity contribution in [3.05, 3.63) is 54.4 Å². The van der Waals surface area contributed by atoms with Crippen LogP contribution in [0.1, 0.15) is 31.9 Å². The molecule has 0 aliphatic carbocycles. The van der Waals surface area contributed by atoms with Crippen molar-refractivity contribution in [2.45, 2.75) is 31.9 Å². The van der Waals surface area contributed by atoms with Crippen LogP contribution >= 0.6 is 12.2 Å². The van der Waals surface area contributed by atoms with Gasteiger partial charge in [-0.05, 0) is 44.3 Å². The molecule has 1 atom stereocenters. The lowest BCUT2D eigenvalue weighted by Crippen LogP contribution is -2.42. The Labute approximate surface area is 135 Å². The molecular weight excluding hydrogens is 294 g/mol. The number of aromatic nitrogens is 1. The standard InChI is InChI=1S/C17H19N3OS/c1-17(2)10-14(13-7-3-4-8-15(13)21-17)20-16(22)19-12-6-5-9-18-11-12/h3-9,11,14H,10H2,1-2H3,(H2,19,20,22). The van der Waals surface area contributed by atoms with E-state index in [2.05, 4.69) is 35.5 Å². The van der Waals surface area contributed by atoms with Crippen molar-refractivity contribution in [1.29, 1.82) is 0 Å². The van der Waals surface area contributed by atoms with Gasteiger partial charge in [0.25, 0.3) is 0 Å². The van der Waals surface area contributed by atoms with Crippen LogP contribution in [-0.2, 0) is 0 Å². The van der Waals surface area contributed by atoms with E-state index in [1.807, 2.05) is 30.3 Å². The highest BCUT2D eigenvalue weighted by molar-refractivity contribution is 7.80. The fourth-order valence-corrected chi connectivity index (χ4v) is 2.95. The summed E-state index contributed by atoms with van der Waals surface area (Å²) >= 11 is 5.43. The number of nitrogens with one attached hydrogen (secondary N) is 2. The Morgan fingerprint density at radius 3 is 2.86 bits per heavy atom. The van der Waals surface area contributed by atoms with E-state index in [4.69, 9.17) is 17.0 Å². The van der Waals surface area contributed by atoms with E-state index in [1.165, 1.54) is 0 Å².